The van der Waals surface area contributed by atoms with Gasteiger partial charge >= 0.3 is 0 Å². The van der Waals surface area contributed by atoms with Crippen LogP contribution < -0.4 is 4.90 Å². The molecule has 0 aliphatic carbocycles. The quantitative estimate of drug-likeness (QED) is 0.374. The van der Waals surface area contributed by atoms with Crippen LogP contribution in [0.3, 0.4) is 0 Å². The van der Waals surface area contributed by atoms with E-state index in [1.165, 1.54) is 12.1 Å². The Morgan fingerprint density at radius 1 is 0.941 bits per heavy atom. The van der Waals surface area contributed by atoms with Gasteiger partial charge in [-0.05, 0) is 64.7 Å². The van der Waals surface area contributed by atoms with Crippen LogP contribution in [0.2, 0.25) is 0 Å². The predicted molar refractivity (Wildman–Crippen MR) is 123 cm³/mol. The van der Waals surface area contributed by atoms with Gasteiger partial charge in [-0.3, -0.25) is 9.59 Å². The van der Waals surface area contributed by atoms with E-state index in [1.807, 2.05) is 18.7 Å². The van der Waals surface area contributed by atoms with Crippen molar-refractivity contribution in [1.29, 1.82) is 0 Å². The molecule has 5 rings (SSSR count). The summed E-state index contributed by atoms with van der Waals surface area (Å²) in [5.74, 6) is -0.663. The van der Waals surface area contributed by atoms with Crippen molar-refractivity contribution in [3.05, 3.63) is 89.5 Å². The van der Waals surface area contributed by atoms with Crippen LogP contribution in [0, 0.1) is 12.0 Å². The molecule has 0 saturated carbocycles. The van der Waals surface area contributed by atoms with Gasteiger partial charge in [-0.15, -0.1) is 6.07 Å². The average molecular weight is 529 g/mol. The molecule has 3 aromatic rings. The topological polar surface area (TPSA) is 87.1 Å². The van der Waals surface area contributed by atoms with Gasteiger partial charge in [-0.2, -0.15) is 18.2 Å². The first-order valence-corrected chi connectivity index (χ1v) is 10.7. The van der Waals surface area contributed by atoms with Crippen LogP contribution in [-0.4, -0.2) is 27.7 Å². The Balaban J connectivity index is 0.00000274. The number of anilines is 1. The molecule has 169 valence electrons. The third kappa shape index (κ3) is 3.75. The first-order valence-electron chi connectivity index (χ1n) is 10.7. The third-order valence-electron chi connectivity index (χ3n) is 5.95. The molecule has 2 N–H and O–H groups in total. The number of rotatable bonds is 4. The molecule has 0 aromatic heterocycles. The summed E-state index contributed by atoms with van der Waals surface area (Å²) in [6.07, 6.45) is 0.290. The molecule has 2 heterocycles. The Hall–Kier alpha value is -2.96. The molecule has 0 amide bonds. The summed E-state index contributed by atoms with van der Waals surface area (Å²) in [5, 5.41) is 19.7. The third-order valence-corrected chi connectivity index (χ3v) is 5.95. The Morgan fingerprint density at radius 2 is 1.53 bits per heavy atom. The summed E-state index contributed by atoms with van der Waals surface area (Å²) < 4.78 is 5.98. The zero-order valence-electron chi connectivity index (χ0n) is 18.8. The first kappa shape index (κ1) is 24.2. The molecule has 0 bridgehead atoms. The predicted octanol–water partition coefficient (Wildman–Crippen LogP) is 4.77. The second-order valence-corrected chi connectivity index (χ2v) is 8.70. The van der Waals surface area contributed by atoms with Crippen molar-refractivity contribution in [3.63, 3.8) is 0 Å². The number of nitrogens with zero attached hydrogens (tertiary/aromatic N) is 1. The second-order valence-electron chi connectivity index (χ2n) is 8.70. The number of esters is 1. The molecular weight excluding hydrogens is 507 g/mol. The monoisotopic (exact) mass is 529 g/mol. The van der Waals surface area contributed by atoms with E-state index in [0.29, 0.717) is 40.1 Å². The van der Waals surface area contributed by atoms with Gasteiger partial charge in [-0.25, -0.2) is 0 Å². The van der Waals surface area contributed by atoms with Gasteiger partial charge in [0.1, 0.15) is 11.5 Å². The van der Waals surface area contributed by atoms with Gasteiger partial charge in [0.2, 0.25) is 5.78 Å². The zero-order chi connectivity index (χ0) is 23.3. The molecule has 34 heavy (non-hydrogen) atoms. The number of fused-ring (bicyclic) bond motifs is 3. The summed E-state index contributed by atoms with van der Waals surface area (Å²) in [7, 11) is 0. The van der Waals surface area contributed by atoms with Gasteiger partial charge < -0.3 is 19.8 Å². The van der Waals surface area contributed by atoms with Crippen LogP contribution >= 0.6 is 0 Å². The van der Waals surface area contributed by atoms with Crippen LogP contribution in [0.15, 0.2) is 66.7 Å². The van der Waals surface area contributed by atoms with Gasteiger partial charge in [0.05, 0.1) is 11.3 Å². The molecule has 1 atom stereocenters. The fourth-order valence-corrected chi connectivity index (χ4v) is 4.66. The second kappa shape index (κ2) is 9.01. The fraction of sp³-hybridized carbons (Fsp3) is 0.185. The van der Waals surface area contributed by atoms with Gasteiger partial charge in [-0.1, -0.05) is 26.0 Å². The van der Waals surface area contributed by atoms with E-state index in [4.69, 9.17) is 4.74 Å². The number of hydrogen-bond donors (Lipinski definition) is 2. The van der Waals surface area contributed by atoms with Crippen molar-refractivity contribution in [2.45, 2.75) is 26.0 Å². The smallest absolute Gasteiger partial charge is 0.285 e. The Morgan fingerprint density at radius 3 is 2.12 bits per heavy atom. The summed E-state index contributed by atoms with van der Waals surface area (Å²) in [5.41, 5.74) is 1.59. The molecule has 6 nitrogen and oxygen atoms in total. The molecular formula is C27H22NO5Y-. The number of hydrogen-bond acceptors (Lipinski definition) is 6. The zero-order valence-corrected chi connectivity index (χ0v) is 21.6. The van der Waals surface area contributed by atoms with E-state index in [-0.39, 0.29) is 55.9 Å². The summed E-state index contributed by atoms with van der Waals surface area (Å²) >= 11 is 0. The molecule has 3 aromatic carbocycles. The van der Waals surface area contributed by atoms with Crippen molar-refractivity contribution in [2.75, 3.05) is 4.90 Å². The molecule has 1 unspecified atom stereocenters. The summed E-state index contributed by atoms with van der Waals surface area (Å²) in [6.45, 7) is 3.95. The largest absolute Gasteiger partial charge is 0.508 e. The maximum Gasteiger partial charge on any atom is 0.285 e. The van der Waals surface area contributed by atoms with Crippen LogP contribution in [0.4, 0.5) is 5.69 Å². The van der Waals surface area contributed by atoms with E-state index in [0.717, 1.165) is 0 Å². The fourth-order valence-electron chi connectivity index (χ4n) is 4.66. The van der Waals surface area contributed by atoms with E-state index >= 15 is 0 Å². The first-order chi connectivity index (χ1) is 15.8. The van der Waals surface area contributed by atoms with Gasteiger partial charge in [0, 0.05) is 39.1 Å². The summed E-state index contributed by atoms with van der Waals surface area (Å²) in [6, 6.07) is 20.9. The number of Topliss-reactive ketones (excluding diaryl/α,β-unsaturated/α-hetero) is 1. The molecule has 0 saturated heterocycles. The van der Waals surface area contributed by atoms with E-state index in [9.17, 15) is 19.8 Å². The minimum atomic E-state index is -1.54. The number of aromatic hydroxyl groups is 2. The van der Waals surface area contributed by atoms with E-state index in [1.54, 1.807) is 54.6 Å². The average Bonchev–Trinajstić information content (AvgIpc) is 3.03. The minimum absolute atomic E-state index is 0. The van der Waals surface area contributed by atoms with Crippen molar-refractivity contribution in [3.8, 4) is 11.5 Å². The van der Waals surface area contributed by atoms with Gasteiger partial charge in [0.25, 0.3) is 11.7 Å². The Bertz CT molecular complexity index is 1300. The molecule has 7 heteroatoms. The van der Waals surface area contributed by atoms with Crippen LogP contribution in [-0.2, 0) is 42.2 Å². The number of benzene rings is 3. The maximum absolute atomic E-state index is 14.2. The van der Waals surface area contributed by atoms with Crippen molar-refractivity contribution < 1.29 is 57.2 Å². The van der Waals surface area contributed by atoms with Crippen molar-refractivity contribution in [2.24, 2.45) is 5.92 Å². The Labute approximate surface area is 222 Å². The van der Waals surface area contributed by atoms with E-state index < -0.39 is 11.7 Å². The number of phenolic OH excluding ortho intramolecular Hbond substituents is 2. The molecule has 2 aliphatic rings. The standard InChI is InChI=1S/C27H22NO5.Y/c1-16(2)15-27-25(31)23(17-7-11-19(29)12-8-17)24(18-9-13-20(30)14-10-18)28(27)22-6-4-3-5-21(22)26(32)33-27;/h4-14,16,29-30H,15H2,1-2H3;/q-1;. The number of carbonyl (C=O) groups is 2. The van der Waals surface area contributed by atoms with Crippen LogP contribution in [0.25, 0.3) is 11.3 Å². The molecule has 0 spiro atoms. The number of ether oxygens (including phenoxy) is 1. The summed E-state index contributed by atoms with van der Waals surface area (Å²) in [4.78, 5) is 29.0. The van der Waals surface area contributed by atoms with Crippen molar-refractivity contribution >= 4 is 28.7 Å². The molecule has 2 aliphatic heterocycles. The SMILES string of the molecule is CC(C)CC12OC(=O)c3c[c-]ccc3N1C(c1ccc(O)cc1)=C(c1ccc(O)cc1)C2=O.[Y]. The normalized spacial score (nSPS) is 19.0. The van der Waals surface area contributed by atoms with Crippen LogP contribution in [0.5, 0.6) is 11.5 Å². The maximum atomic E-state index is 14.2. The number of phenols is 2. The van der Waals surface area contributed by atoms with Crippen molar-refractivity contribution in [1.82, 2.24) is 0 Å². The molecule has 0 fully saturated rings. The Kier molecular flexibility index (Phi) is 6.41. The number of ketones is 1. The van der Waals surface area contributed by atoms with Crippen LogP contribution in [0.1, 0.15) is 41.8 Å². The molecule has 1 radical (unpaired) electrons. The van der Waals surface area contributed by atoms with E-state index in [2.05, 4.69) is 6.07 Å². The minimum Gasteiger partial charge on any atom is -0.508 e. The number of carbonyl (C=O) groups excluding carboxylic acids is 2. The van der Waals surface area contributed by atoms with Gasteiger partial charge in [0.15, 0.2) is 0 Å².